The lowest BCUT2D eigenvalue weighted by atomic mass is 10.1. The first kappa shape index (κ1) is 36.4. The molecule has 1 aromatic carbocycles. The average Bonchev–Trinajstić information content (AvgIpc) is 3.02. The summed E-state index contributed by atoms with van der Waals surface area (Å²) >= 11 is 0. The summed E-state index contributed by atoms with van der Waals surface area (Å²) in [5.74, 6) is -0.740. The van der Waals surface area contributed by atoms with Crippen LogP contribution in [0.5, 0.6) is 0 Å². The monoisotopic (exact) mass is 655 g/mol. The molecular weight excluding hydrogens is 613 g/mol. The number of rotatable bonds is 13. The van der Waals surface area contributed by atoms with Crippen LogP contribution in [0.1, 0.15) is 44.7 Å². The first-order valence-electron chi connectivity index (χ1n) is 15.0. The summed E-state index contributed by atoms with van der Waals surface area (Å²) in [6, 6.07) is 5.71. The molecule has 254 valence electrons. The van der Waals surface area contributed by atoms with E-state index < -0.39 is 48.4 Å². The van der Waals surface area contributed by atoms with Gasteiger partial charge >= 0.3 is 18.2 Å². The molecule has 3 rings (SSSR count). The number of aliphatic hydroxyl groups is 1. The van der Waals surface area contributed by atoms with Gasteiger partial charge in [-0.3, -0.25) is 15.1 Å². The third-order valence-electron chi connectivity index (χ3n) is 7.04. The van der Waals surface area contributed by atoms with Crippen molar-refractivity contribution < 1.29 is 38.1 Å². The van der Waals surface area contributed by atoms with Crippen molar-refractivity contribution in [2.75, 3.05) is 32.1 Å². The van der Waals surface area contributed by atoms with Crippen LogP contribution >= 0.6 is 0 Å². The van der Waals surface area contributed by atoms with Crippen LogP contribution in [0.3, 0.4) is 0 Å². The molecule has 0 radical (unpaired) electrons. The molecule has 15 heteroatoms. The Labute approximate surface area is 272 Å². The van der Waals surface area contributed by atoms with Crippen molar-refractivity contribution in [3.63, 3.8) is 0 Å². The molecule has 2 aromatic heterocycles. The topological polar surface area (TPSA) is 184 Å². The third-order valence-corrected chi connectivity index (χ3v) is 7.04. The number of aliphatic hydroxyl groups excluding tert-OH is 1. The summed E-state index contributed by atoms with van der Waals surface area (Å²) < 4.78 is 24.6. The highest BCUT2D eigenvalue weighted by Gasteiger charge is 2.25. The van der Waals surface area contributed by atoms with Crippen molar-refractivity contribution in [1.82, 2.24) is 30.8 Å². The Bertz CT molecular complexity index is 1550. The van der Waals surface area contributed by atoms with Gasteiger partial charge in [-0.2, -0.15) is 0 Å². The number of hydrogen-bond acceptors (Lipinski definition) is 9. The van der Waals surface area contributed by atoms with Crippen molar-refractivity contribution in [2.24, 2.45) is 0 Å². The number of halogens is 1. The van der Waals surface area contributed by atoms with Crippen molar-refractivity contribution >= 4 is 40.7 Å². The van der Waals surface area contributed by atoms with Gasteiger partial charge in [-0.15, -0.1) is 0 Å². The number of alkyl carbamates (subject to hydrolysis) is 1. The smallest absolute Gasteiger partial charge is 0.412 e. The van der Waals surface area contributed by atoms with Gasteiger partial charge in [0.1, 0.15) is 29.9 Å². The van der Waals surface area contributed by atoms with Crippen molar-refractivity contribution in [3.8, 4) is 0 Å². The van der Waals surface area contributed by atoms with E-state index in [0.29, 0.717) is 24.0 Å². The number of nitrogens with zero attached hydrogens (tertiary/aromatic N) is 3. The van der Waals surface area contributed by atoms with Crippen LogP contribution in [0.4, 0.5) is 24.6 Å². The zero-order chi connectivity index (χ0) is 34.6. The molecular formula is C32H42FN7O7. The van der Waals surface area contributed by atoms with Crippen molar-refractivity contribution in [1.29, 1.82) is 0 Å². The number of carbonyl (C=O) groups is 4. The van der Waals surface area contributed by atoms with Gasteiger partial charge in [0.15, 0.2) is 0 Å². The molecule has 0 unspecified atom stereocenters. The highest BCUT2D eigenvalue weighted by molar-refractivity contribution is 5.88. The van der Waals surface area contributed by atoms with E-state index in [1.54, 1.807) is 70.6 Å². The summed E-state index contributed by atoms with van der Waals surface area (Å²) in [5, 5.41) is 21.5. The minimum atomic E-state index is -1.23. The number of anilines is 1. The molecule has 3 aromatic rings. The molecule has 2 atom stereocenters. The highest BCUT2D eigenvalue weighted by atomic mass is 19.1. The van der Waals surface area contributed by atoms with Gasteiger partial charge in [0, 0.05) is 44.1 Å². The second-order valence-corrected chi connectivity index (χ2v) is 11.8. The van der Waals surface area contributed by atoms with Gasteiger partial charge < -0.3 is 35.4 Å². The summed E-state index contributed by atoms with van der Waals surface area (Å²) in [7, 11) is 1.53. The molecule has 0 saturated carbocycles. The molecule has 2 heterocycles. The lowest BCUT2D eigenvalue weighted by Crippen LogP contribution is -2.50. The van der Waals surface area contributed by atoms with Gasteiger partial charge in [-0.05, 0) is 75.2 Å². The molecule has 47 heavy (non-hydrogen) atoms. The van der Waals surface area contributed by atoms with E-state index in [9.17, 15) is 28.7 Å². The molecule has 0 spiro atoms. The zero-order valence-electron chi connectivity index (χ0n) is 27.1. The molecule has 5 N–H and O–H groups in total. The second kappa shape index (κ2) is 17.0. The predicted octanol–water partition coefficient (Wildman–Crippen LogP) is 3.62. The van der Waals surface area contributed by atoms with Crippen molar-refractivity contribution in [3.05, 3.63) is 65.9 Å². The fourth-order valence-corrected chi connectivity index (χ4v) is 4.37. The number of carbonyl (C=O) groups excluding carboxylic acids is 4. The Morgan fingerprint density at radius 1 is 1.06 bits per heavy atom. The van der Waals surface area contributed by atoms with Gasteiger partial charge in [0.05, 0.1) is 12.6 Å². The Morgan fingerprint density at radius 3 is 2.55 bits per heavy atom. The summed E-state index contributed by atoms with van der Waals surface area (Å²) in [5.41, 5.74) is 0.245. The number of nitrogens with one attached hydrogen (secondary N) is 4. The number of likely N-dealkylation sites (N-methyl/N-ethyl adjacent to an activating group) is 1. The normalized spacial score (nSPS) is 12.4. The number of amides is 5. The van der Waals surface area contributed by atoms with Crippen LogP contribution in [0.2, 0.25) is 0 Å². The Kier molecular flexibility index (Phi) is 13.2. The lowest BCUT2D eigenvalue weighted by molar-refractivity contribution is -0.124. The second-order valence-electron chi connectivity index (χ2n) is 11.8. The van der Waals surface area contributed by atoms with Gasteiger partial charge in [0.25, 0.3) is 0 Å². The van der Waals surface area contributed by atoms with E-state index in [-0.39, 0.29) is 31.3 Å². The van der Waals surface area contributed by atoms with Crippen LogP contribution < -0.4 is 21.3 Å². The van der Waals surface area contributed by atoms with Crippen molar-refractivity contribution in [2.45, 2.75) is 64.8 Å². The maximum absolute atomic E-state index is 14.0. The minimum Gasteiger partial charge on any atom is -0.447 e. The van der Waals surface area contributed by atoms with E-state index in [2.05, 4.69) is 31.2 Å². The lowest BCUT2D eigenvalue weighted by Gasteiger charge is -2.28. The van der Waals surface area contributed by atoms with E-state index in [1.165, 1.54) is 18.0 Å². The number of hydrogen-bond donors (Lipinski definition) is 5. The number of ether oxygens (including phenoxy) is 2. The third kappa shape index (κ3) is 11.7. The Balaban J connectivity index is 1.59. The number of aromatic nitrogens is 2. The number of urea groups is 1. The SMILES string of the molecule is Cc1c(F)cccc1CNC(=O)N(C)[C@@H](CCCNC(=O)[C@H](CO)NC(=O)OC(C)(C)C)COC(=O)Nc1cc2ccncc2cn1. The van der Waals surface area contributed by atoms with Crippen LogP contribution in [-0.2, 0) is 20.8 Å². The van der Waals surface area contributed by atoms with Gasteiger partial charge in [-0.25, -0.2) is 23.8 Å². The van der Waals surface area contributed by atoms with Gasteiger partial charge in [0.2, 0.25) is 5.91 Å². The average molecular weight is 656 g/mol. The number of benzene rings is 1. The molecule has 0 saturated heterocycles. The Morgan fingerprint density at radius 2 is 1.83 bits per heavy atom. The minimum absolute atomic E-state index is 0.0766. The van der Waals surface area contributed by atoms with E-state index in [4.69, 9.17) is 9.47 Å². The zero-order valence-corrected chi connectivity index (χ0v) is 27.1. The standard InChI is InChI=1S/C32H42FN7O7/c1-20-22(8-6-10-25(20)33)16-37-29(43)40(5)24(9-7-12-35-28(42)26(18-41)38-31(45)47-32(2,3)4)19-46-30(44)39-27-14-21-11-13-34-15-23(21)17-36-27/h6,8,10-11,13-15,17,24,26,41H,7,9,12,16,18-19H2,1-5H3,(H,35,42)(H,37,43)(H,38,45)(H,36,39,44)/t24-,26-/m0/s1. The summed E-state index contributed by atoms with van der Waals surface area (Å²) in [4.78, 5) is 59.9. The quantitative estimate of drug-likeness (QED) is 0.172. The van der Waals surface area contributed by atoms with E-state index in [0.717, 1.165) is 10.8 Å². The van der Waals surface area contributed by atoms with Crippen LogP contribution in [0.25, 0.3) is 10.8 Å². The molecule has 0 aliphatic carbocycles. The maximum Gasteiger partial charge on any atom is 0.412 e. The predicted molar refractivity (Wildman–Crippen MR) is 172 cm³/mol. The molecule has 0 bridgehead atoms. The first-order valence-corrected chi connectivity index (χ1v) is 15.0. The number of pyridine rings is 2. The summed E-state index contributed by atoms with van der Waals surface area (Å²) in [6.07, 6.45) is 3.84. The van der Waals surface area contributed by atoms with E-state index in [1.807, 2.05) is 0 Å². The fraction of sp³-hybridized carbons (Fsp3) is 0.438. The molecule has 5 amide bonds. The fourth-order valence-electron chi connectivity index (χ4n) is 4.37. The van der Waals surface area contributed by atoms with Crippen LogP contribution in [-0.4, -0.2) is 88.6 Å². The van der Waals surface area contributed by atoms with Gasteiger partial charge in [-0.1, -0.05) is 12.1 Å². The summed E-state index contributed by atoms with van der Waals surface area (Å²) in [6.45, 7) is 5.99. The van der Waals surface area contributed by atoms with Crippen LogP contribution in [0, 0.1) is 12.7 Å². The molecule has 14 nitrogen and oxygen atoms in total. The maximum atomic E-state index is 14.0. The molecule has 0 fully saturated rings. The molecule has 0 aliphatic rings. The number of fused-ring (bicyclic) bond motifs is 1. The first-order chi connectivity index (χ1) is 22.3. The Hall–Kier alpha value is -5.05. The van der Waals surface area contributed by atoms with E-state index >= 15 is 0 Å². The van der Waals surface area contributed by atoms with Crippen LogP contribution in [0.15, 0.2) is 48.9 Å². The molecule has 0 aliphatic heterocycles. The highest BCUT2D eigenvalue weighted by Crippen LogP contribution is 2.16. The largest absolute Gasteiger partial charge is 0.447 e.